The number of hydrogen-bond donors (Lipinski definition) is 0. The Labute approximate surface area is 76.2 Å². The second-order valence-electron chi connectivity index (χ2n) is 1.19. The first-order chi connectivity index (χ1) is 3.39. The Hall–Kier alpha value is 0.370. The zero-order chi connectivity index (χ0) is 5.11. The molecule has 0 spiro atoms. The van der Waals surface area contributed by atoms with Crippen molar-refractivity contribution < 1.29 is 29.6 Å². The van der Waals surface area contributed by atoms with Crippen LogP contribution in [0.25, 0.3) is 0 Å². The van der Waals surface area contributed by atoms with Gasteiger partial charge in [-0.1, -0.05) is 6.07 Å². The van der Waals surface area contributed by atoms with Crippen LogP contribution in [-0.4, -0.2) is 4.98 Å². The molecule has 8 heavy (non-hydrogen) atoms. The minimum atomic E-state index is 0. The molecule has 0 bridgehead atoms. The van der Waals surface area contributed by atoms with Crippen molar-refractivity contribution in [2.45, 2.75) is 4.90 Å². The van der Waals surface area contributed by atoms with E-state index in [0.717, 1.165) is 4.90 Å². The van der Waals surface area contributed by atoms with E-state index in [9.17, 15) is 0 Å². The third-order valence-electron chi connectivity index (χ3n) is 0.634. The summed E-state index contributed by atoms with van der Waals surface area (Å²) in [5, 5.41) is 0. The molecule has 0 unspecified atom stereocenters. The number of pyridine rings is 1. The fourth-order valence-electron chi connectivity index (χ4n) is 0.347. The Morgan fingerprint density at radius 1 is 1.50 bits per heavy atom. The molecule has 0 N–H and O–H groups in total. The van der Waals surface area contributed by atoms with Crippen LogP contribution in [0.4, 0.5) is 0 Å². The van der Waals surface area contributed by atoms with E-state index in [1.807, 2.05) is 12.1 Å². The Balaban J connectivity index is 0.000000490. The number of nitrogens with zero attached hydrogens (tertiary/aromatic N) is 1. The fourth-order valence-corrected chi connectivity index (χ4v) is 0.487. The van der Waals surface area contributed by atoms with Gasteiger partial charge in [-0.3, -0.25) is 4.98 Å². The third-order valence-corrected chi connectivity index (χ3v) is 0.876. The van der Waals surface area contributed by atoms with E-state index >= 15 is 0 Å². The van der Waals surface area contributed by atoms with Crippen molar-refractivity contribution in [1.29, 1.82) is 0 Å². The fraction of sp³-hybridized carbons (Fsp3) is 0. The van der Waals surface area contributed by atoms with Crippen molar-refractivity contribution in [1.82, 2.24) is 4.98 Å². The van der Waals surface area contributed by atoms with E-state index in [2.05, 4.69) is 4.98 Å². The van der Waals surface area contributed by atoms with Crippen LogP contribution in [-0.2, 0) is 12.6 Å². The maximum Gasteiger partial charge on any atom is 1.00 e. The predicted octanol–water partition coefficient (Wildman–Crippen LogP) is -2.01. The average molecular weight is 133 g/mol. The molecule has 0 saturated heterocycles. The Bertz CT molecular complexity index is 142. The van der Waals surface area contributed by atoms with Gasteiger partial charge in [0, 0.05) is 12.4 Å². The molecule has 1 aromatic heterocycles. The van der Waals surface area contributed by atoms with Crippen molar-refractivity contribution in [3.05, 3.63) is 24.5 Å². The van der Waals surface area contributed by atoms with Crippen LogP contribution in [0.2, 0.25) is 0 Å². The van der Waals surface area contributed by atoms with Crippen molar-refractivity contribution in [3.63, 3.8) is 0 Å². The molecule has 0 aliphatic rings. The predicted molar refractivity (Wildman–Crippen MR) is 29.9 cm³/mol. The maximum absolute atomic E-state index is 4.75. The van der Waals surface area contributed by atoms with Crippen molar-refractivity contribution in [2.75, 3.05) is 0 Å². The first kappa shape index (κ1) is 8.37. The molecular weight excluding hydrogens is 129 g/mol. The molecule has 0 aliphatic heterocycles. The van der Waals surface area contributed by atoms with Gasteiger partial charge in [-0.05, 0) is 6.07 Å². The third kappa shape index (κ3) is 2.62. The van der Waals surface area contributed by atoms with Gasteiger partial charge in [0.25, 0.3) is 0 Å². The van der Waals surface area contributed by atoms with Crippen LogP contribution in [0, 0.1) is 0 Å². The molecule has 0 saturated carbocycles. The normalized spacial score (nSPS) is 7.50. The summed E-state index contributed by atoms with van der Waals surface area (Å²) in [7, 11) is 0. The molecule has 0 aliphatic carbocycles. The van der Waals surface area contributed by atoms with Gasteiger partial charge < -0.3 is 12.6 Å². The zero-order valence-corrected chi connectivity index (χ0v) is 7.48. The zero-order valence-electron chi connectivity index (χ0n) is 4.66. The molecule has 1 nitrogen and oxygen atoms in total. The summed E-state index contributed by atoms with van der Waals surface area (Å²) in [6, 6.07) is 3.66. The van der Waals surface area contributed by atoms with Crippen LogP contribution in [0.15, 0.2) is 29.4 Å². The summed E-state index contributed by atoms with van der Waals surface area (Å²) >= 11 is 4.75. The van der Waals surface area contributed by atoms with Crippen LogP contribution < -0.4 is 29.6 Å². The Morgan fingerprint density at radius 3 is 2.50 bits per heavy atom. The van der Waals surface area contributed by atoms with E-state index in [0.29, 0.717) is 0 Å². The molecule has 0 radical (unpaired) electrons. The molecule has 3 heteroatoms. The molecule has 0 aromatic carbocycles. The standard InChI is InChI=1S/C5H5NS.Na/c7-5-2-1-3-6-4-5;/h1-4,7H;/q;+1/p-1. The summed E-state index contributed by atoms with van der Waals surface area (Å²) in [5.41, 5.74) is 0. The topological polar surface area (TPSA) is 12.9 Å². The number of aromatic nitrogens is 1. The number of hydrogen-bond acceptors (Lipinski definition) is 2. The summed E-state index contributed by atoms with van der Waals surface area (Å²) in [6.07, 6.45) is 3.35. The number of rotatable bonds is 0. The smallest absolute Gasteiger partial charge is 0.778 e. The van der Waals surface area contributed by atoms with Crippen molar-refractivity contribution >= 4 is 12.6 Å². The molecule has 0 fully saturated rings. The molecule has 1 rings (SSSR count). The minimum Gasteiger partial charge on any atom is -0.778 e. The minimum absolute atomic E-state index is 0. The average Bonchev–Trinajstić information content (AvgIpc) is 1.69. The molecule has 1 heterocycles. The quantitative estimate of drug-likeness (QED) is 0.300. The largest absolute Gasteiger partial charge is 1.00 e. The first-order valence-corrected chi connectivity index (χ1v) is 2.37. The maximum atomic E-state index is 4.75. The first-order valence-electron chi connectivity index (χ1n) is 1.96. The summed E-state index contributed by atoms with van der Waals surface area (Å²) in [4.78, 5) is 4.57. The van der Waals surface area contributed by atoms with Gasteiger partial charge in [0.05, 0.1) is 0 Å². The molecule has 1 aromatic rings. The van der Waals surface area contributed by atoms with E-state index in [1.165, 1.54) is 0 Å². The summed E-state index contributed by atoms with van der Waals surface area (Å²) in [5.74, 6) is 0. The van der Waals surface area contributed by atoms with Crippen LogP contribution in [0.1, 0.15) is 0 Å². The van der Waals surface area contributed by atoms with Gasteiger partial charge in [0.15, 0.2) is 0 Å². The Kier molecular flexibility index (Phi) is 4.47. The Morgan fingerprint density at radius 2 is 2.25 bits per heavy atom. The van der Waals surface area contributed by atoms with Crippen LogP contribution in [0.5, 0.6) is 0 Å². The second kappa shape index (κ2) is 4.27. The molecule has 0 atom stereocenters. The summed E-state index contributed by atoms with van der Waals surface area (Å²) < 4.78 is 0. The van der Waals surface area contributed by atoms with E-state index in [4.69, 9.17) is 12.6 Å². The van der Waals surface area contributed by atoms with Crippen molar-refractivity contribution in [2.24, 2.45) is 0 Å². The SMILES string of the molecule is [Na+].[S-]c1cccnc1. The second-order valence-corrected chi connectivity index (χ2v) is 1.66. The van der Waals surface area contributed by atoms with Gasteiger partial charge in [-0.25, -0.2) is 0 Å². The van der Waals surface area contributed by atoms with Gasteiger partial charge in [0.1, 0.15) is 0 Å². The van der Waals surface area contributed by atoms with Gasteiger partial charge in [-0.15, -0.1) is 0 Å². The van der Waals surface area contributed by atoms with Crippen LogP contribution in [0.3, 0.4) is 0 Å². The monoisotopic (exact) mass is 133 g/mol. The van der Waals surface area contributed by atoms with Crippen LogP contribution >= 0.6 is 0 Å². The molecular formula is C5H4NNaS. The summed E-state index contributed by atoms with van der Waals surface area (Å²) in [6.45, 7) is 0. The molecule has 36 valence electrons. The van der Waals surface area contributed by atoms with Gasteiger partial charge in [-0.2, -0.15) is 4.90 Å². The van der Waals surface area contributed by atoms with E-state index in [-0.39, 0.29) is 29.6 Å². The van der Waals surface area contributed by atoms with E-state index in [1.54, 1.807) is 12.4 Å². The van der Waals surface area contributed by atoms with E-state index < -0.39 is 0 Å². The van der Waals surface area contributed by atoms with Gasteiger partial charge in [0.2, 0.25) is 0 Å². The van der Waals surface area contributed by atoms with Crippen molar-refractivity contribution in [3.8, 4) is 0 Å². The molecule has 0 amide bonds. The van der Waals surface area contributed by atoms with Gasteiger partial charge >= 0.3 is 29.6 Å².